The van der Waals surface area contributed by atoms with Gasteiger partial charge in [0.25, 0.3) is 16.1 Å². The van der Waals surface area contributed by atoms with Gasteiger partial charge in [0.05, 0.1) is 4.90 Å². The third-order valence-electron chi connectivity index (χ3n) is 1.77. The van der Waals surface area contributed by atoms with E-state index < -0.39 is 35.5 Å². The molecule has 9 heteroatoms. The Kier molecular flexibility index (Phi) is 3.46. The van der Waals surface area contributed by atoms with E-state index in [4.69, 9.17) is 0 Å². The number of halogens is 1. The lowest BCUT2D eigenvalue weighted by atomic mass is 10.3. The highest BCUT2D eigenvalue weighted by Crippen LogP contribution is 2.20. The molecule has 0 aliphatic carbocycles. The summed E-state index contributed by atoms with van der Waals surface area (Å²) in [5.74, 6) is -1.20. The van der Waals surface area contributed by atoms with Gasteiger partial charge in [0.2, 0.25) is 0 Å². The Labute approximate surface area is 96.8 Å². The van der Waals surface area contributed by atoms with Crippen molar-refractivity contribution < 1.29 is 26.0 Å². The molecule has 0 unspecified atom stereocenters. The molecule has 1 aromatic carbocycles. The summed E-state index contributed by atoms with van der Waals surface area (Å²) in [4.78, 5) is 8.50. The average molecular weight is 279 g/mol. The second kappa shape index (κ2) is 4.36. The van der Waals surface area contributed by atoms with Crippen molar-refractivity contribution in [3.05, 3.63) is 24.0 Å². The lowest BCUT2D eigenvalue weighted by molar-refractivity contribution is 0.558. The molecule has 0 spiro atoms. The molecule has 0 amide bonds. The number of hydrogen-bond donors (Lipinski definition) is 0. The molecule has 0 heterocycles. The molecule has 0 aromatic heterocycles. The molecule has 0 bridgehead atoms. The van der Waals surface area contributed by atoms with Gasteiger partial charge in [-0.1, -0.05) is 4.40 Å². The average Bonchev–Trinajstić information content (AvgIpc) is 2.15. The predicted octanol–water partition coefficient (Wildman–Crippen LogP) is 0.254. The van der Waals surface area contributed by atoms with Crippen LogP contribution >= 0.6 is 0 Å². The van der Waals surface area contributed by atoms with Gasteiger partial charge in [0, 0.05) is 6.26 Å². The number of hydrogen-bond acceptors (Lipinski definition) is 5. The van der Waals surface area contributed by atoms with E-state index in [-0.39, 0.29) is 0 Å². The first-order valence-corrected chi connectivity index (χ1v) is 7.35. The maximum absolute atomic E-state index is 13.2. The Hall–Kier alpha value is -1.57. The van der Waals surface area contributed by atoms with Crippen molar-refractivity contribution in [2.75, 3.05) is 6.26 Å². The number of carbonyl (C=O) groups excluding carboxylic acids is 1. The fourth-order valence-electron chi connectivity index (χ4n) is 1.01. The van der Waals surface area contributed by atoms with Crippen LogP contribution in [0.2, 0.25) is 0 Å². The van der Waals surface area contributed by atoms with Crippen LogP contribution in [0.15, 0.2) is 32.4 Å². The molecule has 0 aliphatic rings. The Bertz CT molecular complexity index is 701. The van der Waals surface area contributed by atoms with Crippen molar-refractivity contribution in [1.29, 1.82) is 0 Å². The van der Waals surface area contributed by atoms with Gasteiger partial charge >= 0.3 is 0 Å². The predicted molar refractivity (Wildman–Crippen MR) is 54.8 cm³/mol. The number of benzene rings is 1. The standard InChI is InChI=1S/C8H6FNO5S2/c1-16(12,13)6-2-3-7(9)8(4-6)17(14,15)10-5-11/h2-4H,1H3. The fourth-order valence-corrected chi connectivity index (χ4v) is 2.52. The summed E-state index contributed by atoms with van der Waals surface area (Å²) >= 11 is 0. The molecule has 0 saturated carbocycles. The Balaban J connectivity index is 3.62. The Morgan fingerprint density at radius 1 is 1.24 bits per heavy atom. The molecule has 6 nitrogen and oxygen atoms in total. The summed E-state index contributed by atoms with van der Waals surface area (Å²) in [6.07, 6.45) is 1.60. The van der Waals surface area contributed by atoms with E-state index in [0.717, 1.165) is 18.4 Å². The normalized spacial score (nSPS) is 11.9. The van der Waals surface area contributed by atoms with Gasteiger partial charge in [-0.2, -0.15) is 8.42 Å². The van der Waals surface area contributed by atoms with Crippen molar-refractivity contribution in [1.82, 2.24) is 0 Å². The maximum Gasteiger partial charge on any atom is 0.295 e. The molecule has 1 rings (SSSR count). The molecule has 1 aromatic rings. The van der Waals surface area contributed by atoms with E-state index in [1.165, 1.54) is 0 Å². The van der Waals surface area contributed by atoms with Crippen LogP contribution in [0.25, 0.3) is 0 Å². The smallest absolute Gasteiger partial charge is 0.224 e. The van der Waals surface area contributed by atoms with Gasteiger partial charge in [0.1, 0.15) is 10.7 Å². The van der Waals surface area contributed by atoms with E-state index in [2.05, 4.69) is 4.40 Å². The van der Waals surface area contributed by atoms with E-state index in [1.807, 2.05) is 0 Å². The minimum absolute atomic E-state index is 0.390. The van der Waals surface area contributed by atoms with E-state index in [1.54, 1.807) is 0 Å². The Morgan fingerprint density at radius 2 is 1.82 bits per heavy atom. The van der Waals surface area contributed by atoms with E-state index >= 15 is 0 Å². The van der Waals surface area contributed by atoms with Crippen molar-refractivity contribution in [2.45, 2.75) is 9.79 Å². The van der Waals surface area contributed by atoms with Crippen molar-refractivity contribution in [3.63, 3.8) is 0 Å². The summed E-state index contributed by atoms with van der Waals surface area (Å²) in [5, 5.41) is 0. The quantitative estimate of drug-likeness (QED) is 0.449. The highest BCUT2D eigenvalue weighted by molar-refractivity contribution is 7.91. The summed E-state index contributed by atoms with van der Waals surface area (Å²) in [5.41, 5.74) is 0. The van der Waals surface area contributed by atoms with Crippen molar-refractivity contribution in [2.24, 2.45) is 4.40 Å². The molecule has 0 aliphatic heterocycles. The SMILES string of the molecule is CS(=O)(=O)c1ccc(F)c(S(=O)(=O)N=C=O)c1. The van der Waals surface area contributed by atoms with Gasteiger partial charge in [-0.25, -0.2) is 17.6 Å². The number of nitrogens with zero attached hydrogens (tertiary/aromatic N) is 1. The molecule has 17 heavy (non-hydrogen) atoms. The van der Waals surface area contributed by atoms with Gasteiger partial charge in [-0.3, -0.25) is 0 Å². The zero-order chi connectivity index (χ0) is 13.3. The minimum atomic E-state index is -4.56. The molecule has 0 atom stereocenters. The van der Waals surface area contributed by atoms with Crippen LogP contribution in [-0.2, 0) is 24.7 Å². The molecule has 0 saturated heterocycles. The van der Waals surface area contributed by atoms with Crippen LogP contribution in [0.3, 0.4) is 0 Å². The monoisotopic (exact) mass is 279 g/mol. The van der Waals surface area contributed by atoms with Gasteiger partial charge < -0.3 is 0 Å². The van der Waals surface area contributed by atoms with Crippen LogP contribution in [0.1, 0.15) is 0 Å². The van der Waals surface area contributed by atoms with Crippen LogP contribution in [0.5, 0.6) is 0 Å². The first-order valence-electron chi connectivity index (χ1n) is 4.02. The molecule has 0 fully saturated rings. The summed E-state index contributed by atoms with van der Waals surface area (Å²) < 4.78 is 60.5. The highest BCUT2D eigenvalue weighted by atomic mass is 32.2. The molecule has 0 N–H and O–H groups in total. The number of sulfonamides is 1. The fraction of sp³-hybridized carbons (Fsp3) is 0.125. The second-order valence-electron chi connectivity index (χ2n) is 3.02. The highest BCUT2D eigenvalue weighted by Gasteiger charge is 2.21. The first-order chi connectivity index (χ1) is 7.68. The summed E-state index contributed by atoms with van der Waals surface area (Å²) in [6.45, 7) is 0. The third kappa shape index (κ3) is 2.96. The second-order valence-corrected chi connectivity index (χ2v) is 6.61. The van der Waals surface area contributed by atoms with Crippen molar-refractivity contribution >= 4 is 25.9 Å². The maximum atomic E-state index is 13.2. The van der Waals surface area contributed by atoms with Gasteiger partial charge in [-0.05, 0) is 18.2 Å². The topological polar surface area (TPSA) is 97.7 Å². The lowest BCUT2D eigenvalue weighted by Gasteiger charge is -2.02. The Morgan fingerprint density at radius 3 is 2.29 bits per heavy atom. The van der Waals surface area contributed by atoms with Crippen LogP contribution in [0, 0.1) is 5.82 Å². The molecule has 0 radical (unpaired) electrons. The number of sulfone groups is 1. The van der Waals surface area contributed by atoms with Crippen LogP contribution in [0.4, 0.5) is 4.39 Å². The zero-order valence-corrected chi connectivity index (χ0v) is 10.0. The first kappa shape index (κ1) is 13.5. The largest absolute Gasteiger partial charge is 0.295 e. The number of isocyanates is 1. The van der Waals surface area contributed by atoms with Gasteiger partial charge in [-0.15, -0.1) is 0 Å². The molecular formula is C8H6FNO5S2. The van der Waals surface area contributed by atoms with Crippen LogP contribution in [-0.4, -0.2) is 29.2 Å². The number of rotatable bonds is 3. The van der Waals surface area contributed by atoms with E-state index in [0.29, 0.717) is 12.1 Å². The molecular weight excluding hydrogens is 273 g/mol. The van der Waals surface area contributed by atoms with Gasteiger partial charge in [0.15, 0.2) is 9.84 Å². The minimum Gasteiger partial charge on any atom is -0.224 e. The van der Waals surface area contributed by atoms with Crippen molar-refractivity contribution in [3.8, 4) is 0 Å². The lowest BCUT2D eigenvalue weighted by Crippen LogP contribution is -2.04. The summed E-state index contributed by atoms with van der Waals surface area (Å²) in [6, 6.07) is 2.18. The van der Waals surface area contributed by atoms with E-state index in [9.17, 15) is 26.0 Å². The third-order valence-corrected chi connectivity index (χ3v) is 4.06. The molecule has 92 valence electrons. The van der Waals surface area contributed by atoms with Crippen LogP contribution < -0.4 is 0 Å². The zero-order valence-electron chi connectivity index (χ0n) is 8.41. The summed E-state index contributed by atoms with van der Waals surface area (Å²) in [7, 11) is -8.25.